The lowest BCUT2D eigenvalue weighted by Gasteiger charge is -2.31. The predicted octanol–water partition coefficient (Wildman–Crippen LogP) is 2.74. The van der Waals surface area contributed by atoms with Crippen LogP contribution in [0.1, 0.15) is 30.3 Å². The number of likely N-dealkylation sites (tertiary alicyclic amines) is 1. The molecule has 1 aromatic carbocycles. The first kappa shape index (κ1) is 18.4. The van der Waals surface area contributed by atoms with Crippen LogP contribution in [0.5, 0.6) is 5.75 Å². The first-order valence-corrected chi connectivity index (χ1v) is 8.98. The van der Waals surface area contributed by atoms with E-state index >= 15 is 0 Å². The van der Waals surface area contributed by atoms with Gasteiger partial charge in [0.05, 0.1) is 12.7 Å². The predicted molar refractivity (Wildman–Crippen MR) is 94.7 cm³/mol. The summed E-state index contributed by atoms with van der Waals surface area (Å²) in [4.78, 5) is 14.3. The van der Waals surface area contributed by atoms with Crippen LogP contribution >= 0.6 is 0 Å². The van der Waals surface area contributed by atoms with Gasteiger partial charge in [-0.3, -0.25) is 9.48 Å². The second kappa shape index (κ2) is 8.80. The number of halogens is 1. The van der Waals surface area contributed by atoms with E-state index in [0.29, 0.717) is 37.7 Å². The standard InChI is InChI=1S/C19H24FN3O3/c1-2-23-12-9-18(21-23)19(24)22-10-7-17(8-11-22)26-14-13-25-16-5-3-15(20)4-6-16/h3-6,9,12,17H,2,7-8,10-11,13-14H2,1H3. The van der Waals surface area contributed by atoms with Crippen LogP contribution in [0, 0.1) is 5.82 Å². The number of aromatic nitrogens is 2. The van der Waals surface area contributed by atoms with E-state index in [4.69, 9.17) is 9.47 Å². The Bertz CT molecular complexity index is 709. The van der Waals surface area contributed by atoms with Crippen LogP contribution < -0.4 is 4.74 Å². The highest BCUT2D eigenvalue weighted by Gasteiger charge is 2.25. The Hall–Kier alpha value is -2.41. The maximum Gasteiger partial charge on any atom is 0.274 e. The van der Waals surface area contributed by atoms with E-state index in [-0.39, 0.29) is 17.8 Å². The van der Waals surface area contributed by atoms with Crippen molar-refractivity contribution in [3.63, 3.8) is 0 Å². The van der Waals surface area contributed by atoms with Crippen molar-refractivity contribution in [1.82, 2.24) is 14.7 Å². The molecule has 1 saturated heterocycles. The molecule has 0 radical (unpaired) electrons. The van der Waals surface area contributed by atoms with Crippen LogP contribution in [-0.4, -0.2) is 53.0 Å². The summed E-state index contributed by atoms with van der Waals surface area (Å²) in [5.74, 6) is 0.327. The molecule has 7 heteroatoms. The Kier molecular flexibility index (Phi) is 6.22. The minimum absolute atomic E-state index is 0.0182. The lowest BCUT2D eigenvalue weighted by Crippen LogP contribution is -2.41. The molecule has 0 atom stereocenters. The number of hydrogen-bond acceptors (Lipinski definition) is 4. The summed E-state index contributed by atoms with van der Waals surface area (Å²) < 4.78 is 25.9. The van der Waals surface area contributed by atoms with E-state index in [1.807, 2.05) is 18.0 Å². The van der Waals surface area contributed by atoms with Gasteiger partial charge in [0, 0.05) is 25.8 Å². The first-order valence-electron chi connectivity index (χ1n) is 8.98. The van der Waals surface area contributed by atoms with E-state index in [2.05, 4.69) is 5.10 Å². The number of carbonyl (C=O) groups is 1. The molecular weight excluding hydrogens is 337 g/mol. The number of amides is 1. The van der Waals surface area contributed by atoms with Crippen LogP contribution in [0.4, 0.5) is 4.39 Å². The van der Waals surface area contributed by atoms with Crippen LogP contribution in [0.15, 0.2) is 36.5 Å². The van der Waals surface area contributed by atoms with Crippen molar-refractivity contribution >= 4 is 5.91 Å². The molecule has 0 N–H and O–H groups in total. The summed E-state index contributed by atoms with van der Waals surface area (Å²) in [6, 6.07) is 7.69. The smallest absolute Gasteiger partial charge is 0.274 e. The van der Waals surface area contributed by atoms with Gasteiger partial charge in [0.15, 0.2) is 0 Å². The molecule has 1 aromatic heterocycles. The number of ether oxygens (including phenoxy) is 2. The highest BCUT2D eigenvalue weighted by atomic mass is 19.1. The number of benzene rings is 1. The molecule has 0 aliphatic carbocycles. The fourth-order valence-electron chi connectivity index (χ4n) is 2.94. The molecule has 3 rings (SSSR count). The van der Waals surface area contributed by atoms with Crippen molar-refractivity contribution in [3.05, 3.63) is 48.0 Å². The third-order valence-electron chi connectivity index (χ3n) is 4.43. The van der Waals surface area contributed by atoms with Crippen molar-refractivity contribution < 1.29 is 18.7 Å². The largest absolute Gasteiger partial charge is 0.491 e. The molecule has 1 aliphatic heterocycles. The maximum atomic E-state index is 12.8. The highest BCUT2D eigenvalue weighted by molar-refractivity contribution is 5.92. The van der Waals surface area contributed by atoms with Crippen LogP contribution in [0.2, 0.25) is 0 Å². The average molecular weight is 361 g/mol. The molecule has 2 heterocycles. The number of piperidine rings is 1. The van der Waals surface area contributed by atoms with E-state index in [1.165, 1.54) is 12.1 Å². The van der Waals surface area contributed by atoms with Gasteiger partial charge in [0.25, 0.3) is 5.91 Å². The van der Waals surface area contributed by atoms with Crippen LogP contribution in [0.25, 0.3) is 0 Å². The van der Waals surface area contributed by atoms with Crippen LogP contribution in [0.3, 0.4) is 0 Å². The van der Waals surface area contributed by atoms with Gasteiger partial charge < -0.3 is 14.4 Å². The zero-order chi connectivity index (χ0) is 18.4. The van der Waals surface area contributed by atoms with Crippen molar-refractivity contribution in [3.8, 4) is 5.75 Å². The Labute approximate surface area is 152 Å². The van der Waals surface area contributed by atoms with Gasteiger partial charge in [-0.15, -0.1) is 0 Å². The van der Waals surface area contributed by atoms with E-state index < -0.39 is 0 Å². The number of rotatable bonds is 7. The second-order valence-corrected chi connectivity index (χ2v) is 6.22. The van der Waals surface area contributed by atoms with E-state index in [9.17, 15) is 9.18 Å². The van der Waals surface area contributed by atoms with E-state index in [1.54, 1.807) is 22.9 Å². The third kappa shape index (κ3) is 4.82. The summed E-state index contributed by atoms with van der Waals surface area (Å²) >= 11 is 0. The van der Waals surface area contributed by atoms with Crippen LogP contribution in [-0.2, 0) is 11.3 Å². The SMILES string of the molecule is CCn1ccc(C(=O)N2CCC(OCCOc3ccc(F)cc3)CC2)n1. The topological polar surface area (TPSA) is 56.6 Å². The normalized spacial score (nSPS) is 15.2. The monoisotopic (exact) mass is 361 g/mol. The third-order valence-corrected chi connectivity index (χ3v) is 4.43. The molecule has 6 nitrogen and oxygen atoms in total. The Morgan fingerprint density at radius 2 is 1.92 bits per heavy atom. The average Bonchev–Trinajstić information content (AvgIpc) is 3.16. The van der Waals surface area contributed by atoms with E-state index in [0.717, 1.165) is 19.4 Å². The lowest BCUT2D eigenvalue weighted by atomic mass is 10.1. The Morgan fingerprint density at radius 3 is 2.58 bits per heavy atom. The molecule has 1 amide bonds. The van der Waals surface area contributed by atoms with Gasteiger partial charge in [0.1, 0.15) is 23.9 Å². The zero-order valence-corrected chi connectivity index (χ0v) is 14.9. The van der Waals surface area contributed by atoms with Crippen molar-refractivity contribution in [1.29, 1.82) is 0 Å². The molecule has 140 valence electrons. The molecular formula is C19H24FN3O3. The number of carbonyl (C=O) groups excluding carboxylic acids is 1. The molecule has 1 fully saturated rings. The molecule has 0 saturated carbocycles. The minimum atomic E-state index is -0.281. The first-order chi connectivity index (χ1) is 12.7. The summed E-state index contributed by atoms with van der Waals surface area (Å²) in [7, 11) is 0. The summed E-state index contributed by atoms with van der Waals surface area (Å²) in [6.45, 7) is 4.96. The molecule has 26 heavy (non-hydrogen) atoms. The number of hydrogen-bond donors (Lipinski definition) is 0. The summed E-state index contributed by atoms with van der Waals surface area (Å²) in [5.41, 5.74) is 0.499. The highest BCUT2D eigenvalue weighted by Crippen LogP contribution is 2.16. The van der Waals surface area contributed by atoms with Gasteiger partial charge in [-0.05, 0) is 50.1 Å². The lowest BCUT2D eigenvalue weighted by molar-refractivity contribution is -0.00251. The molecule has 1 aliphatic rings. The van der Waals surface area contributed by atoms with Gasteiger partial charge >= 0.3 is 0 Å². The second-order valence-electron chi connectivity index (χ2n) is 6.22. The number of aryl methyl sites for hydroxylation is 1. The fourth-order valence-corrected chi connectivity index (χ4v) is 2.94. The van der Waals surface area contributed by atoms with Gasteiger partial charge in [0.2, 0.25) is 0 Å². The fraction of sp³-hybridized carbons (Fsp3) is 0.474. The summed E-state index contributed by atoms with van der Waals surface area (Å²) in [6.07, 6.45) is 3.56. The Morgan fingerprint density at radius 1 is 1.19 bits per heavy atom. The minimum Gasteiger partial charge on any atom is -0.491 e. The van der Waals surface area contributed by atoms with Gasteiger partial charge in [-0.1, -0.05) is 0 Å². The number of nitrogens with zero attached hydrogens (tertiary/aromatic N) is 3. The van der Waals surface area contributed by atoms with Crippen molar-refractivity contribution in [2.75, 3.05) is 26.3 Å². The van der Waals surface area contributed by atoms with Crippen molar-refractivity contribution in [2.45, 2.75) is 32.4 Å². The van der Waals surface area contributed by atoms with Gasteiger partial charge in [-0.25, -0.2) is 4.39 Å². The van der Waals surface area contributed by atoms with Gasteiger partial charge in [-0.2, -0.15) is 5.10 Å². The Balaban J connectivity index is 1.35. The van der Waals surface area contributed by atoms with Crippen molar-refractivity contribution in [2.24, 2.45) is 0 Å². The zero-order valence-electron chi connectivity index (χ0n) is 14.9. The molecule has 0 unspecified atom stereocenters. The maximum absolute atomic E-state index is 12.8. The molecule has 2 aromatic rings. The quantitative estimate of drug-likeness (QED) is 0.712. The molecule has 0 bridgehead atoms. The molecule has 0 spiro atoms. The summed E-state index contributed by atoms with van der Waals surface area (Å²) in [5, 5.41) is 4.27.